The van der Waals surface area contributed by atoms with Gasteiger partial charge in [0.2, 0.25) is 5.88 Å². The average Bonchev–Trinajstić information content (AvgIpc) is 2.29. The summed E-state index contributed by atoms with van der Waals surface area (Å²) in [6.45, 7) is 5.49. The molecule has 1 heterocycles. The molecule has 0 aliphatic carbocycles. The fourth-order valence-electron chi connectivity index (χ4n) is 1.30. The maximum Gasteiger partial charge on any atom is 0.201 e. The largest absolute Gasteiger partial charge is 0.494 e. The monoisotopic (exact) mass is 167 g/mol. The molecule has 0 aliphatic rings. The van der Waals surface area contributed by atoms with Crippen LogP contribution in [-0.2, 0) is 13.5 Å². The molecule has 0 aromatic carbocycles. The molecule has 0 saturated heterocycles. The van der Waals surface area contributed by atoms with Crippen molar-refractivity contribution in [3.63, 3.8) is 0 Å². The minimum absolute atomic E-state index is 0.0688. The molecule has 66 valence electrons. The first kappa shape index (κ1) is 8.71. The van der Waals surface area contributed by atoms with E-state index in [4.69, 9.17) is 0 Å². The van der Waals surface area contributed by atoms with Gasteiger partial charge in [-0.1, -0.05) is 19.6 Å². The first-order chi connectivity index (χ1) is 5.63. The van der Waals surface area contributed by atoms with Gasteiger partial charge in [0.15, 0.2) is 5.88 Å². The van der Waals surface area contributed by atoms with E-state index in [9.17, 15) is 10.2 Å². The second kappa shape index (κ2) is 2.93. The summed E-state index contributed by atoms with van der Waals surface area (Å²) in [6.07, 6.45) is 2.23. The Hall–Kier alpha value is -1.38. The van der Waals surface area contributed by atoms with Crippen molar-refractivity contribution in [3.8, 4) is 11.8 Å². The maximum atomic E-state index is 9.49. The SMILES string of the molecule is C=Cc1c(CC)c(O)n(C)c1O. The summed E-state index contributed by atoms with van der Waals surface area (Å²) in [5.41, 5.74) is 1.36. The normalized spacial score (nSPS) is 10.2. The van der Waals surface area contributed by atoms with Crippen LogP contribution in [0.3, 0.4) is 0 Å². The summed E-state index contributed by atoms with van der Waals surface area (Å²) < 4.78 is 1.34. The zero-order chi connectivity index (χ0) is 9.30. The van der Waals surface area contributed by atoms with Gasteiger partial charge in [-0.05, 0) is 6.42 Å². The number of aromatic nitrogens is 1. The van der Waals surface area contributed by atoms with E-state index in [0.29, 0.717) is 12.0 Å². The van der Waals surface area contributed by atoms with Crippen molar-refractivity contribution >= 4 is 6.08 Å². The Labute approximate surface area is 71.6 Å². The third kappa shape index (κ3) is 0.978. The standard InChI is InChI=1S/C9H13NO2/c1-4-6-7(5-2)9(12)10(3)8(6)11/h4,11-12H,1,5H2,2-3H3. The van der Waals surface area contributed by atoms with Crippen LogP contribution < -0.4 is 0 Å². The molecule has 3 nitrogen and oxygen atoms in total. The molecule has 0 saturated carbocycles. The molecule has 0 aliphatic heterocycles. The Balaban J connectivity index is 3.43. The molecule has 0 fully saturated rings. The summed E-state index contributed by atoms with van der Waals surface area (Å²) in [6, 6.07) is 0. The summed E-state index contributed by atoms with van der Waals surface area (Å²) in [7, 11) is 1.61. The second-order valence-electron chi connectivity index (χ2n) is 2.66. The third-order valence-corrected chi connectivity index (χ3v) is 2.03. The van der Waals surface area contributed by atoms with Crippen molar-refractivity contribution in [3.05, 3.63) is 17.7 Å². The fraction of sp³-hybridized carbons (Fsp3) is 0.333. The first-order valence-corrected chi connectivity index (χ1v) is 3.85. The summed E-state index contributed by atoms with van der Waals surface area (Å²) >= 11 is 0. The predicted octanol–water partition coefficient (Wildman–Crippen LogP) is 1.64. The van der Waals surface area contributed by atoms with Crippen molar-refractivity contribution in [2.45, 2.75) is 13.3 Å². The van der Waals surface area contributed by atoms with E-state index in [2.05, 4.69) is 6.58 Å². The van der Waals surface area contributed by atoms with Crippen LogP contribution >= 0.6 is 0 Å². The molecule has 0 spiro atoms. The van der Waals surface area contributed by atoms with E-state index in [1.54, 1.807) is 13.1 Å². The summed E-state index contributed by atoms with van der Waals surface area (Å²) in [4.78, 5) is 0. The van der Waals surface area contributed by atoms with Crippen molar-refractivity contribution in [2.75, 3.05) is 0 Å². The smallest absolute Gasteiger partial charge is 0.201 e. The molecule has 3 heteroatoms. The Morgan fingerprint density at radius 2 is 2.00 bits per heavy atom. The van der Waals surface area contributed by atoms with E-state index in [-0.39, 0.29) is 11.8 Å². The summed E-state index contributed by atoms with van der Waals surface area (Å²) in [5.74, 6) is 0.184. The number of aromatic hydroxyl groups is 2. The number of rotatable bonds is 2. The lowest BCUT2D eigenvalue weighted by Gasteiger charge is -1.95. The van der Waals surface area contributed by atoms with Gasteiger partial charge >= 0.3 is 0 Å². The van der Waals surface area contributed by atoms with Gasteiger partial charge in [0.05, 0.1) is 0 Å². The Morgan fingerprint density at radius 1 is 1.42 bits per heavy atom. The van der Waals surface area contributed by atoms with Crippen molar-refractivity contribution in [2.24, 2.45) is 7.05 Å². The highest BCUT2D eigenvalue weighted by atomic mass is 16.3. The molecule has 0 atom stereocenters. The van der Waals surface area contributed by atoms with Gasteiger partial charge in [0.25, 0.3) is 0 Å². The van der Waals surface area contributed by atoms with Crippen LogP contribution in [0.15, 0.2) is 6.58 Å². The van der Waals surface area contributed by atoms with Gasteiger partial charge in [-0.25, -0.2) is 0 Å². The number of hydrogen-bond donors (Lipinski definition) is 2. The van der Waals surface area contributed by atoms with Crippen LogP contribution in [0.25, 0.3) is 6.08 Å². The third-order valence-electron chi connectivity index (χ3n) is 2.03. The molecule has 12 heavy (non-hydrogen) atoms. The molecule has 1 aromatic heterocycles. The van der Waals surface area contributed by atoms with Gasteiger partial charge in [-0.15, -0.1) is 0 Å². The zero-order valence-electron chi connectivity index (χ0n) is 7.33. The minimum atomic E-state index is 0.0688. The molecule has 0 bridgehead atoms. The van der Waals surface area contributed by atoms with E-state index in [1.807, 2.05) is 6.92 Å². The molecule has 0 unspecified atom stereocenters. The van der Waals surface area contributed by atoms with Crippen molar-refractivity contribution in [1.29, 1.82) is 0 Å². The van der Waals surface area contributed by atoms with Crippen LogP contribution in [0.2, 0.25) is 0 Å². The lowest BCUT2D eigenvalue weighted by atomic mass is 10.1. The second-order valence-corrected chi connectivity index (χ2v) is 2.66. The molecular weight excluding hydrogens is 154 g/mol. The van der Waals surface area contributed by atoms with Crippen LogP contribution in [0.5, 0.6) is 11.8 Å². The van der Waals surface area contributed by atoms with Crippen molar-refractivity contribution in [1.82, 2.24) is 4.57 Å². The fourth-order valence-corrected chi connectivity index (χ4v) is 1.30. The van der Waals surface area contributed by atoms with E-state index >= 15 is 0 Å². The lowest BCUT2D eigenvalue weighted by Crippen LogP contribution is -1.85. The number of nitrogens with zero attached hydrogens (tertiary/aromatic N) is 1. The molecule has 0 radical (unpaired) electrons. The van der Waals surface area contributed by atoms with Crippen LogP contribution in [0.4, 0.5) is 0 Å². The van der Waals surface area contributed by atoms with Gasteiger partial charge in [0, 0.05) is 18.2 Å². The van der Waals surface area contributed by atoms with E-state index in [1.165, 1.54) is 4.57 Å². The Morgan fingerprint density at radius 3 is 2.33 bits per heavy atom. The highest BCUT2D eigenvalue weighted by molar-refractivity contribution is 5.62. The zero-order valence-corrected chi connectivity index (χ0v) is 7.33. The van der Waals surface area contributed by atoms with Gasteiger partial charge < -0.3 is 10.2 Å². The Kier molecular flexibility index (Phi) is 2.13. The van der Waals surface area contributed by atoms with Gasteiger partial charge in [0.1, 0.15) is 0 Å². The molecule has 2 N–H and O–H groups in total. The maximum absolute atomic E-state index is 9.49. The first-order valence-electron chi connectivity index (χ1n) is 3.85. The minimum Gasteiger partial charge on any atom is -0.494 e. The lowest BCUT2D eigenvalue weighted by molar-refractivity contribution is 0.385. The molecular formula is C9H13NO2. The molecule has 0 amide bonds. The predicted molar refractivity (Wildman–Crippen MR) is 48.2 cm³/mol. The van der Waals surface area contributed by atoms with Crippen LogP contribution in [-0.4, -0.2) is 14.8 Å². The Bertz CT molecular complexity index is 313. The number of hydrogen-bond acceptors (Lipinski definition) is 2. The van der Waals surface area contributed by atoms with Crippen LogP contribution in [0, 0.1) is 0 Å². The highest BCUT2D eigenvalue weighted by Crippen LogP contribution is 2.33. The van der Waals surface area contributed by atoms with E-state index in [0.717, 1.165) is 5.56 Å². The van der Waals surface area contributed by atoms with Gasteiger partial charge in [-0.2, -0.15) is 0 Å². The molecule has 1 aromatic rings. The highest BCUT2D eigenvalue weighted by Gasteiger charge is 2.15. The van der Waals surface area contributed by atoms with Gasteiger partial charge in [-0.3, -0.25) is 4.57 Å². The van der Waals surface area contributed by atoms with Crippen LogP contribution in [0.1, 0.15) is 18.1 Å². The van der Waals surface area contributed by atoms with Crippen molar-refractivity contribution < 1.29 is 10.2 Å². The summed E-state index contributed by atoms with van der Waals surface area (Å²) in [5, 5.41) is 18.9. The van der Waals surface area contributed by atoms with E-state index < -0.39 is 0 Å². The average molecular weight is 167 g/mol. The quantitative estimate of drug-likeness (QED) is 0.703. The molecule has 1 rings (SSSR count). The topological polar surface area (TPSA) is 45.4 Å².